The first-order valence-corrected chi connectivity index (χ1v) is 5.68. The van der Waals surface area contributed by atoms with E-state index in [4.69, 9.17) is 10.2 Å². The van der Waals surface area contributed by atoms with Crippen LogP contribution in [-0.4, -0.2) is 29.7 Å². The number of H-pyrrole nitrogens is 1. The molecule has 0 aliphatic heterocycles. The van der Waals surface area contributed by atoms with E-state index in [1.54, 1.807) is 0 Å². The van der Waals surface area contributed by atoms with Crippen molar-refractivity contribution in [1.82, 2.24) is 10.2 Å². The molecule has 1 heterocycles. The standard InChI is InChI=1S/C8H7N3O4S/c9-16(14,15)4-1-2-6-5(3-4)7(8(12)13)11-10-6/h1-3H,(H,10,11)(H,12,13)(H2,9,14,15). The molecule has 0 atom stereocenters. The van der Waals surface area contributed by atoms with Gasteiger partial charge in [-0.15, -0.1) is 0 Å². The molecule has 2 rings (SSSR count). The molecule has 0 unspecified atom stereocenters. The molecular weight excluding hydrogens is 234 g/mol. The number of carboxylic acids is 1. The van der Waals surface area contributed by atoms with Gasteiger partial charge >= 0.3 is 5.97 Å². The fourth-order valence-electron chi connectivity index (χ4n) is 1.33. The zero-order valence-corrected chi connectivity index (χ0v) is 8.65. The highest BCUT2D eigenvalue weighted by atomic mass is 32.2. The summed E-state index contributed by atoms with van der Waals surface area (Å²) in [6.07, 6.45) is 0. The summed E-state index contributed by atoms with van der Waals surface area (Å²) in [7, 11) is -3.85. The Hall–Kier alpha value is -1.93. The second-order valence-electron chi connectivity index (χ2n) is 3.13. The van der Waals surface area contributed by atoms with Crippen LogP contribution in [0.15, 0.2) is 23.1 Å². The van der Waals surface area contributed by atoms with Gasteiger partial charge < -0.3 is 5.11 Å². The molecule has 1 aromatic carbocycles. The van der Waals surface area contributed by atoms with Crippen LogP contribution in [0.2, 0.25) is 0 Å². The van der Waals surface area contributed by atoms with Gasteiger partial charge in [-0.3, -0.25) is 5.10 Å². The first kappa shape index (κ1) is 10.6. The molecule has 0 spiro atoms. The van der Waals surface area contributed by atoms with Gasteiger partial charge in [0.25, 0.3) is 0 Å². The van der Waals surface area contributed by atoms with Gasteiger partial charge in [0.15, 0.2) is 5.69 Å². The Morgan fingerprint density at radius 2 is 2.12 bits per heavy atom. The molecule has 84 valence electrons. The van der Waals surface area contributed by atoms with E-state index in [1.165, 1.54) is 18.2 Å². The van der Waals surface area contributed by atoms with Crippen LogP contribution in [0.1, 0.15) is 10.5 Å². The number of nitrogens with one attached hydrogen (secondary N) is 1. The van der Waals surface area contributed by atoms with Crippen LogP contribution in [0.5, 0.6) is 0 Å². The maximum atomic E-state index is 11.1. The van der Waals surface area contributed by atoms with Crippen molar-refractivity contribution in [1.29, 1.82) is 0 Å². The number of rotatable bonds is 2. The van der Waals surface area contributed by atoms with Crippen molar-refractivity contribution in [2.24, 2.45) is 5.14 Å². The minimum Gasteiger partial charge on any atom is -0.476 e. The molecule has 0 fully saturated rings. The number of carboxylic acid groups (broad SMARTS) is 1. The number of aromatic carboxylic acids is 1. The molecule has 0 bridgehead atoms. The number of fused-ring (bicyclic) bond motifs is 1. The van der Waals surface area contributed by atoms with Crippen molar-refractivity contribution in [2.75, 3.05) is 0 Å². The topological polar surface area (TPSA) is 126 Å². The molecule has 7 nitrogen and oxygen atoms in total. The van der Waals surface area contributed by atoms with Crippen LogP contribution < -0.4 is 5.14 Å². The van der Waals surface area contributed by atoms with Crippen LogP contribution in [0.25, 0.3) is 10.9 Å². The second-order valence-corrected chi connectivity index (χ2v) is 4.69. The summed E-state index contributed by atoms with van der Waals surface area (Å²) in [6, 6.07) is 3.87. The summed E-state index contributed by atoms with van der Waals surface area (Å²) in [4.78, 5) is 10.6. The molecule has 1 aromatic heterocycles. The number of nitrogens with zero attached hydrogens (tertiary/aromatic N) is 1. The highest BCUT2D eigenvalue weighted by Gasteiger charge is 2.15. The monoisotopic (exact) mass is 241 g/mol. The van der Waals surface area contributed by atoms with Gasteiger partial charge in [-0.2, -0.15) is 5.10 Å². The smallest absolute Gasteiger partial charge is 0.357 e. The average Bonchev–Trinajstić information content (AvgIpc) is 2.58. The van der Waals surface area contributed by atoms with E-state index in [2.05, 4.69) is 10.2 Å². The summed E-state index contributed by atoms with van der Waals surface area (Å²) in [5.41, 5.74) is 0.199. The molecule has 4 N–H and O–H groups in total. The van der Waals surface area contributed by atoms with Gasteiger partial charge in [-0.25, -0.2) is 18.4 Å². The number of aromatic amines is 1. The van der Waals surface area contributed by atoms with Crippen LogP contribution in [0.4, 0.5) is 0 Å². The second kappa shape index (κ2) is 3.29. The number of hydrogen-bond acceptors (Lipinski definition) is 4. The van der Waals surface area contributed by atoms with Gasteiger partial charge in [0, 0.05) is 5.39 Å². The lowest BCUT2D eigenvalue weighted by Crippen LogP contribution is -2.11. The third kappa shape index (κ3) is 1.64. The number of hydrogen-bond donors (Lipinski definition) is 3. The van der Waals surface area contributed by atoms with Crippen LogP contribution in [0, 0.1) is 0 Å². The van der Waals surface area contributed by atoms with Crippen LogP contribution in [-0.2, 0) is 10.0 Å². The van der Waals surface area contributed by atoms with E-state index in [0.717, 1.165) is 0 Å². The minimum absolute atomic E-state index is 0.149. The summed E-state index contributed by atoms with van der Waals surface area (Å²) >= 11 is 0. The van der Waals surface area contributed by atoms with E-state index in [1.807, 2.05) is 0 Å². The van der Waals surface area contributed by atoms with Crippen molar-refractivity contribution in [2.45, 2.75) is 4.90 Å². The first-order valence-electron chi connectivity index (χ1n) is 4.14. The third-order valence-corrected chi connectivity index (χ3v) is 2.98. The lowest BCUT2D eigenvalue weighted by atomic mass is 10.2. The Balaban J connectivity index is 2.78. The van der Waals surface area contributed by atoms with E-state index in [9.17, 15) is 13.2 Å². The predicted octanol–water partition coefficient (Wildman–Crippen LogP) is -0.0915. The minimum atomic E-state index is -3.85. The zero-order valence-electron chi connectivity index (χ0n) is 7.84. The van der Waals surface area contributed by atoms with E-state index < -0.39 is 16.0 Å². The molecule has 0 saturated heterocycles. The van der Waals surface area contributed by atoms with Crippen LogP contribution >= 0.6 is 0 Å². The number of sulfonamides is 1. The van der Waals surface area contributed by atoms with Gasteiger partial charge in [0.2, 0.25) is 10.0 Å². The maximum absolute atomic E-state index is 11.1. The number of benzene rings is 1. The number of aromatic nitrogens is 2. The average molecular weight is 241 g/mol. The summed E-state index contributed by atoms with van der Waals surface area (Å²) in [6.45, 7) is 0. The molecule has 16 heavy (non-hydrogen) atoms. The third-order valence-electron chi connectivity index (χ3n) is 2.07. The molecule has 0 amide bonds. The van der Waals surface area contributed by atoms with E-state index in [0.29, 0.717) is 5.52 Å². The Labute approximate surface area is 89.9 Å². The maximum Gasteiger partial charge on any atom is 0.357 e. The van der Waals surface area contributed by atoms with E-state index >= 15 is 0 Å². The van der Waals surface area contributed by atoms with E-state index in [-0.39, 0.29) is 16.0 Å². The predicted molar refractivity (Wildman–Crippen MR) is 54.4 cm³/mol. The molecule has 0 aliphatic carbocycles. The van der Waals surface area contributed by atoms with Gasteiger partial charge in [0.05, 0.1) is 10.4 Å². The fraction of sp³-hybridized carbons (Fsp3) is 0. The summed E-state index contributed by atoms with van der Waals surface area (Å²) in [5.74, 6) is -1.24. The van der Waals surface area contributed by atoms with Gasteiger partial charge in [-0.1, -0.05) is 0 Å². The largest absolute Gasteiger partial charge is 0.476 e. The quantitative estimate of drug-likeness (QED) is 0.677. The summed E-state index contributed by atoms with van der Waals surface area (Å²) < 4.78 is 22.2. The molecule has 0 aliphatic rings. The number of primary sulfonamides is 1. The van der Waals surface area contributed by atoms with Gasteiger partial charge in [0.1, 0.15) is 0 Å². The lowest BCUT2D eigenvalue weighted by Gasteiger charge is -1.97. The molecule has 0 radical (unpaired) electrons. The zero-order chi connectivity index (χ0) is 11.9. The number of nitrogens with two attached hydrogens (primary N) is 1. The fourth-order valence-corrected chi connectivity index (χ4v) is 1.87. The number of carbonyl (C=O) groups is 1. The first-order chi connectivity index (χ1) is 7.39. The van der Waals surface area contributed by atoms with Crippen molar-refractivity contribution >= 4 is 26.9 Å². The molecule has 8 heteroatoms. The normalized spacial score (nSPS) is 11.8. The summed E-state index contributed by atoms with van der Waals surface area (Å²) in [5, 5.41) is 20.0. The molecular formula is C8H7N3O4S. The lowest BCUT2D eigenvalue weighted by molar-refractivity contribution is 0.0692. The Morgan fingerprint density at radius 1 is 1.44 bits per heavy atom. The van der Waals surface area contributed by atoms with Crippen molar-refractivity contribution < 1.29 is 18.3 Å². The van der Waals surface area contributed by atoms with Gasteiger partial charge in [-0.05, 0) is 18.2 Å². The highest BCUT2D eigenvalue weighted by molar-refractivity contribution is 7.89. The Bertz CT molecular complexity index is 674. The Morgan fingerprint density at radius 3 is 2.69 bits per heavy atom. The molecule has 0 saturated carbocycles. The van der Waals surface area contributed by atoms with Crippen LogP contribution in [0.3, 0.4) is 0 Å². The van der Waals surface area contributed by atoms with Crippen molar-refractivity contribution in [3.05, 3.63) is 23.9 Å². The SMILES string of the molecule is NS(=O)(=O)c1ccc2[nH]nc(C(=O)O)c2c1. The van der Waals surface area contributed by atoms with Crippen molar-refractivity contribution in [3.8, 4) is 0 Å². The Kier molecular flexibility index (Phi) is 2.17. The highest BCUT2D eigenvalue weighted by Crippen LogP contribution is 2.19. The molecule has 2 aromatic rings. The van der Waals surface area contributed by atoms with Crippen molar-refractivity contribution in [3.63, 3.8) is 0 Å².